The maximum Gasteiger partial charge on any atom is 0.425 e. The number of aliphatic hydroxyl groups excluding tert-OH is 1. The summed E-state index contributed by atoms with van der Waals surface area (Å²) < 4.78 is 34.8. The molecule has 0 aromatic carbocycles. The van der Waals surface area contributed by atoms with Crippen LogP contribution in [-0.2, 0) is 0 Å². The van der Waals surface area contributed by atoms with Crippen molar-refractivity contribution < 1.29 is 18.3 Å². The SMILES string of the molecule is CCCCC#C[C@@H](O)C(F)(F)F. The summed E-state index contributed by atoms with van der Waals surface area (Å²) in [5.74, 6) is 4.01. The third kappa shape index (κ3) is 5.03. The summed E-state index contributed by atoms with van der Waals surface area (Å²) in [4.78, 5) is 0. The Hall–Kier alpha value is -0.690. The van der Waals surface area contributed by atoms with E-state index in [1.54, 1.807) is 5.92 Å². The van der Waals surface area contributed by atoms with Gasteiger partial charge in [-0.05, 0) is 6.42 Å². The van der Waals surface area contributed by atoms with Crippen LogP contribution in [0.25, 0.3) is 0 Å². The molecule has 1 atom stereocenters. The zero-order chi connectivity index (χ0) is 9.61. The first-order valence-corrected chi connectivity index (χ1v) is 3.71. The molecule has 0 saturated carbocycles. The van der Waals surface area contributed by atoms with E-state index in [2.05, 4.69) is 5.92 Å². The van der Waals surface area contributed by atoms with Crippen LogP contribution < -0.4 is 0 Å². The summed E-state index contributed by atoms with van der Waals surface area (Å²) in [7, 11) is 0. The molecule has 0 aromatic heterocycles. The first-order chi connectivity index (χ1) is 5.48. The molecule has 0 aliphatic rings. The summed E-state index contributed by atoms with van der Waals surface area (Å²) >= 11 is 0. The van der Waals surface area contributed by atoms with Crippen molar-refractivity contribution >= 4 is 0 Å². The summed E-state index contributed by atoms with van der Waals surface area (Å²) in [5, 5.41) is 8.39. The van der Waals surface area contributed by atoms with E-state index in [0.717, 1.165) is 12.8 Å². The van der Waals surface area contributed by atoms with Crippen LogP contribution in [0.5, 0.6) is 0 Å². The molecule has 0 spiro atoms. The molecule has 0 aromatic rings. The van der Waals surface area contributed by atoms with Crippen LogP contribution in [0.4, 0.5) is 13.2 Å². The molecule has 12 heavy (non-hydrogen) atoms. The summed E-state index contributed by atoms with van der Waals surface area (Å²) in [5.41, 5.74) is 0. The molecule has 0 bridgehead atoms. The highest BCUT2D eigenvalue weighted by Gasteiger charge is 2.36. The van der Waals surface area contributed by atoms with Gasteiger partial charge in [0, 0.05) is 6.42 Å². The van der Waals surface area contributed by atoms with Crippen molar-refractivity contribution in [3.05, 3.63) is 0 Å². The van der Waals surface area contributed by atoms with E-state index >= 15 is 0 Å². The van der Waals surface area contributed by atoms with Crippen molar-refractivity contribution in [1.82, 2.24) is 0 Å². The molecule has 4 heteroatoms. The molecule has 0 unspecified atom stereocenters. The second kappa shape index (κ2) is 5.04. The monoisotopic (exact) mass is 180 g/mol. The highest BCUT2D eigenvalue weighted by molar-refractivity contribution is 5.06. The van der Waals surface area contributed by atoms with Gasteiger partial charge >= 0.3 is 6.18 Å². The Bertz CT molecular complexity index is 175. The predicted molar refractivity (Wildman–Crippen MR) is 39.4 cm³/mol. The smallest absolute Gasteiger partial charge is 0.372 e. The van der Waals surface area contributed by atoms with E-state index in [4.69, 9.17) is 5.11 Å². The lowest BCUT2D eigenvalue weighted by Crippen LogP contribution is -2.26. The normalized spacial score (nSPS) is 13.4. The minimum atomic E-state index is -4.61. The van der Waals surface area contributed by atoms with Gasteiger partial charge in [-0.15, -0.1) is 5.92 Å². The van der Waals surface area contributed by atoms with Crippen molar-refractivity contribution in [2.45, 2.75) is 38.5 Å². The topological polar surface area (TPSA) is 20.2 Å². The fourth-order valence-corrected chi connectivity index (χ4v) is 0.516. The van der Waals surface area contributed by atoms with Gasteiger partial charge in [-0.2, -0.15) is 13.2 Å². The highest BCUT2D eigenvalue weighted by Crippen LogP contribution is 2.18. The third-order valence-electron chi connectivity index (χ3n) is 1.20. The maximum atomic E-state index is 11.6. The van der Waals surface area contributed by atoms with Gasteiger partial charge < -0.3 is 5.11 Å². The fraction of sp³-hybridized carbons (Fsp3) is 0.750. The quantitative estimate of drug-likeness (QED) is 0.509. The average Bonchev–Trinajstić information content (AvgIpc) is 1.96. The van der Waals surface area contributed by atoms with Gasteiger partial charge in [0.2, 0.25) is 6.10 Å². The molecule has 0 rings (SSSR count). The third-order valence-corrected chi connectivity index (χ3v) is 1.20. The molecule has 1 N–H and O–H groups in total. The summed E-state index contributed by atoms with van der Waals surface area (Å²) in [6, 6.07) is 0. The lowest BCUT2D eigenvalue weighted by atomic mass is 10.2. The number of aliphatic hydroxyl groups is 1. The van der Waals surface area contributed by atoms with Crippen LogP contribution in [0.3, 0.4) is 0 Å². The molecule has 1 nitrogen and oxygen atoms in total. The minimum absolute atomic E-state index is 0.406. The van der Waals surface area contributed by atoms with E-state index in [0.29, 0.717) is 6.42 Å². The standard InChI is InChI=1S/C8H11F3O/c1-2-3-4-5-6-7(12)8(9,10)11/h7,12H,2-4H2,1H3/t7-/m1/s1. The summed E-state index contributed by atoms with van der Waals surface area (Å²) in [6.45, 7) is 1.92. The fourth-order valence-electron chi connectivity index (χ4n) is 0.516. The van der Waals surface area contributed by atoms with Gasteiger partial charge in [0.25, 0.3) is 0 Å². The Labute approximate surface area is 69.6 Å². The number of rotatable bonds is 2. The van der Waals surface area contributed by atoms with Gasteiger partial charge in [-0.3, -0.25) is 0 Å². The zero-order valence-corrected chi connectivity index (χ0v) is 6.78. The van der Waals surface area contributed by atoms with Crippen molar-refractivity contribution in [1.29, 1.82) is 0 Å². The summed E-state index contributed by atoms with van der Waals surface area (Å²) in [6.07, 6.45) is -5.05. The molecule has 0 aliphatic heterocycles. The maximum absolute atomic E-state index is 11.6. The molecular weight excluding hydrogens is 169 g/mol. The van der Waals surface area contributed by atoms with Crippen LogP contribution in [0, 0.1) is 11.8 Å². The van der Waals surface area contributed by atoms with Gasteiger partial charge in [-0.1, -0.05) is 19.3 Å². The molecule has 0 amide bonds. The van der Waals surface area contributed by atoms with E-state index in [9.17, 15) is 13.2 Å². The molecule has 0 saturated heterocycles. The Kier molecular flexibility index (Phi) is 4.75. The number of halogens is 3. The Morgan fingerprint density at radius 2 is 2.00 bits per heavy atom. The van der Waals surface area contributed by atoms with E-state index < -0.39 is 12.3 Å². The first-order valence-electron chi connectivity index (χ1n) is 3.71. The number of hydrogen-bond acceptors (Lipinski definition) is 1. The van der Waals surface area contributed by atoms with Crippen LogP contribution >= 0.6 is 0 Å². The Balaban J connectivity index is 3.79. The van der Waals surface area contributed by atoms with Crippen molar-refractivity contribution in [3.63, 3.8) is 0 Å². The largest absolute Gasteiger partial charge is 0.425 e. The van der Waals surface area contributed by atoms with Crippen LogP contribution in [-0.4, -0.2) is 17.4 Å². The first kappa shape index (κ1) is 11.3. The molecule has 0 heterocycles. The second-order valence-corrected chi connectivity index (χ2v) is 2.37. The van der Waals surface area contributed by atoms with Crippen molar-refractivity contribution in [2.75, 3.05) is 0 Å². The van der Waals surface area contributed by atoms with E-state index in [1.165, 1.54) is 0 Å². The molecule has 0 fully saturated rings. The van der Waals surface area contributed by atoms with Crippen LogP contribution in [0.1, 0.15) is 26.2 Å². The molecular formula is C8H11F3O. The Morgan fingerprint density at radius 1 is 1.42 bits per heavy atom. The minimum Gasteiger partial charge on any atom is -0.372 e. The van der Waals surface area contributed by atoms with Crippen LogP contribution in [0.15, 0.2) is 0 Å². The highest BCUT2D eigenvalue weighted by atomic mass is 19.4. The number of hydrogen-bond donors (Lipinski definition) is 1. The second-order valence-electron chi connectivity index (χ2n) is 2.37. The number of unbranched alkanes of at least 4 members (excludes halogenated alkanes) is 2. The van der Waals surface area contributed by atoms with Crippen molar-refractivity contribution in [2.24, 2.45) is 0 Å². The van der Waals surface area contributed by atoms with Gasteiger partial charge in [0.15, 0.2) is 0 Å². The predicted octanol–water partition coefficient (Wildman–Crippen LogP) is 2.10. The lowest BCUT2D eigenvalue weighted by molar-refractivity contribution is -0.184. The average molecular weight is 180 g/mol. The van der Waals surface area contributed by atoms with Crippen molar-refractivity contribution in [3.8, 4) is 11.8 Å². The van der Waals surface area contributed by atoms with Gasteiger partial charge in [0.1, 0.15) is 0 Å². The molecule has 70 valence electrons. The van der Waals surface area contributed by atoms with Gasteiger partial charge in [0.05, 0.1) is 0 Å². The van der Waals surface area contributed by atoms with Gasteiger partial charge in [-0.25, -0.2) is 0 Å². The van der Waals surface area contributed by atoms with E-state index in [-0.39, 0.29) is 0 Å². The number of alkyl halides is 3. The van der Waals surface area contributed by atoms with E-state index in [1.807, 2.05) is 6.92 Å². The van der Waals surface area contributed by atoms with Crippen LogP contribution in [0.2, 0.25) is 0 Å². The molecule has 0 aliphatic carbocycles. The lowest BCUT2D eigenvalue weighted by Gasteiger charge is -2.06. The zero-order valence-electron chi connectivity index (χ0n) is 6.78. The Morgan fingerprint density at radius 3 is 2.42 bits per heavy atom. The molecule has 0 radical (unpaired) electrons.